The highest BCUT2D eigenvalue weighted by Gasteiger charge is 2.52. The van der Waals surface area contributed by atoms with Crippen LogP contribution in [-0.4, -0.2) is 4.89 Å². The molecule has 0 radical (unpaired) electrons. The zero-order chi connectivity index (χ0) is 13.6. The van der Waals surface area contributed by atoms with E-state index in [0.29, 0.717) is 0 Å². The molecule has 0 spiro atoms. The third kappa shape index (κ3) is 1.45. The van der Waals surface area contributed by atoms with Gasteiger partial charge in [0.25, 0.3) is 0 Å². The van der Waals surface area contributed by atoms with Crippen molar-refractivity contribution in [3.05, 3.63) is 78.9 Å². The predicted octanol–water partition coefficient (Wildman–Crippen LogP) is 2.87. The Morgan fingerprint density at radius 1 is 0.550 bits per heavy atom. The van der Waals surface area contributed by atoms with E-state index in [0.717, 1.165) is 15.9 Å². The minimum absolute atomic E-state index is 1.03. The molecule has 0 fully saturated rings. The molecule has 0 bridgehead atoms. The topological polar surface area (TPSA) is 20.2 Å². The van der Waals surface area contributed by atoms with Crippen LogP contribution in [0.2, 0.25) is 0 Å². The van der Waals surface area contributed by atoms with Gasteiger partial charge in [-0.1, -0.05) is 54.6 Å². The second-order valence-electron chi connectivity index (χ2n) is 5.01. The maximum atomic E-state index is 11.6. The molecule has 1 nitrogen and oxygen atoms in total. The summed E-state index contributed by atoms with van der Waals surface area (Å²) in [4.78, 5) is 11.6. The van der Waals surface area contributed by atoms with E-state index in [1.54, 1.807) is 0 Å². The number of fused-ring (bicyclic) bond motifs is 3. The molecule has 20 heavy (non-hydrogen) atoms. The molecule has 96 valence electrons. The van der Waals surface area contributed by atoms with Crippen LogP contribution in [0.25, 0.3) is 11.1 Å². The van der Waals surface area contributed by atoms with Crippen molar-refractivity contribution in [3.8, 4) is 11.1 Å². The zero-order valence-corrected chi connectivity index (χ0v) is 11.8. The minimum Gasteiger partial charge on any atom is -0.235 e. The number of rotatable bonds is 1. The van der Waals surface area contributed by atoms with Crippen molar-refractivity contribution in [1.82, 2.24) is 0 Å². The van der Waals surface area contributed by atoms with Crippen molar-refractivity contribution in [2.75, 3.05) is 0 Å². The van der Waals surface area contributed by atoms with E-state index in [2.05, 4.69) is 24.3 Å². The molecule has 1 aliphatic heterocycles. The second-order valence-corrected chi connectivity index (χ2v) is 7.76. The quantitative estimate of drug-likeness (QED) is 0.678. The summed E-state index contributed by atoms with van der Waals surface area (Å²) in [7, 11) is -2.45. The third-order valence-electron chi connectivity index (χ3n) is 3.93. The maximum Gasteiger partial charge on any atom is 0.239 e. The molecule has 1 N–H and O–H groups in total. The summed E-state index contributed by atoms with van der Waals surface area (Å²) in [5, 5.41) is 3.18. The van der Waals surface area contributed by atoms with Gasteiger partial charge in [0.2, 0.25) is 7.49 Å². The van der Waals surface area contributed by atoms with Gasteiger partial charge in [-0.15, -0.1) is 0 Å². The molecule has 3 aromatic rings. The van der Waals surface area contributed by atoms with Crippen molar-refractivity contribution < 1.29 is 4.89 Å². The van der Waals surface area contributed by atoms with Gasteiger partial charge in [0.15, 0.2) is 0 Å². The van der Waals surface area contributed by atoms with Crippen molar-refractivity contribution >= 4 is 23.4 Å². The zero-order valence-electron chi connectivity index (χ0n) is 10.9. The molecule has 0 unspecified atom stereocenters. The highest BCUT2D eigenvalue weighted by atomic mass is 31.2. The largest absolute Gasteiger partial charge is 0.239 e. The van der Waals surface area contributed by atoms with E-state index < -0.39 is 7.49 Å². The van der Waals surface area contributed by atoms with Crippen LogP contribution in [0, 0.1) is 0 Å². The molecule has 0 atom stereocenters. The molecule has 0 aliphatic carbocycles. The van der Waals surface area contributed by atoms with Crippen molar-refractivity contribution in [2.24, 2.45) is 0 Å². The summed E-state index contributed by atoms with van der Waals surface area (Å²) in [5.41, 5.74) is 2.34. The van der Waals surface area contributed by atoms with Crippen LogP contribution in [0.15, 0.2) is 78.9 Å². The average molecular weight is 277 g/mol. The standard InChI is InChI=1S/C18H14OP/c19-20(14-8-2-1-3-9-14)17-12-6-4-10-15(17)16-11-5-7-13-18(16)20/h1-13,19H/q+1. The van der Waals surface area contributed by atoms with E-state index >= 15 is 0 Å². The Morgan fingerprint density at radius 2 is 1.00 bits per heavy atom. The Bertz CT molecular complexity index is 735. The van der Waals surface area contributed by atoms with Crippen molar-refractivity contribution in [1.29, 1.82) is 0 Å². The molecule has 1 aliphatic rings. The van der Waals surface area contributed by atoms with Crippen LogP contribution < -0.4 is 15.9 Å². The highest BCUT2D eigenvalue weighted by Crippen LogP contribution is 2.58. The molecule has 0 saturated heterocycles. The number of hydrogen-bond acceptors (Lipinski definition) is 1. The predicted molar refractivity (Wildman–Crippen MR) is 86.4 cm³/mol. The Hall–Kier alpha value is -1.95. The van der Waals surface area contributed by atoms with Gasteiger partial charge in [-0.3, -0.25) is 0 Å². The molecular formula is C18H14OP+. The fourth-order valence-electron chi connectivity index (χ4n) is 3.02. The molecule has 0 saturated carbocycles. The van der Waals surface area contributed by atoms with Gasteiger partial charge in [0.1, 0.15) is 15.9 Å². The Kier molecular flexibility index (Phi) is 2.53. The fourth-order valence-corrected chi connectivity index (χ4v) is 6.13. The maximum absolute atomic E-state index is 11.6. The first-order valence-corrected chi connectivity index (χ1v) is 8.43. The van der Waals surface area contributed by atoms with Crippen LogP contribution in [0.3, 0.4) is 0 Å². The molecule has 0 aromatic heterocycles. The minimum atomic E-state index is -2.45. The number of benzene rings is 3. The smallest absolute Gasteiger partial charge is 0.235 e. The summed E-state index contributed by atoms with van der Waals surface area (Å²) < 4.78 is 0. The fraction of sp³-hybridized carbons (Fsp3) is 0. The lowest BCUT2D eigenvalue weighted by atomic mass is 10.1. The summed E-state index contributed by atoms with van der Waals surface area (Å²) in [5.74, 6) is 0. The van der Waals surface area contributed by atoms with Gasteiger partial charge in [0.05, 0.1) is 0 Å². The van der Waals surface area contributed by atoms with Gasteiger partial charge in [-0.05, 0) is 24.3 Å². The van der Waals surface area contributed by atoms with Crippen LogP contribution >= 0.6 is 7.49 Å². The lowest BCUT2D eigenvalue weighted by molar-refractivity contribution is 0.634. The van der Waals surface area contributed by atoms with Crippen LogP contribution in [0.4, 0.5) is 0 Å². The SMILES string of the molecule is O[P+]1(c2ccccc2)c2ccccc2-c2ccccc21. The number of hydrogen-bond donors (Lipinski definition) is 1. The van der Waals surface area contributed by atoms with E-state index in [-0.39, 0.29) is 0 Å². The second kappa shape index (κ2) is 4.28. The average Bonchev–Trinajstić information content (AvgIpc) is 2.80. The van der Waals surface area contributed by atoms with Gasteiger partial charge in [0, 0.05) is 11.1 Å². The molecule has 4 rings (SSSR count). The van der Waals surface area contributed by atoms with Crippen LogP contribution in [-0.2, 0) is 0 Å². The molecule has 0 amide bonds. The highest BCUT2D eigenvalue weighted by molar-refractivity contribution is 7.92. The summed E-state index contributed by atoms with van der Waals surface area (Å²) in [6, 6.07) is 26.5. The van der Waals surface area contributed by atoms with Gasteiger partial charge >= 0.3 is 0 Å². The van der Waals surface area contributed by atoms with Crippen LogP contribution in [0.1, 0.15) is 0 Å². The lowest BCUT2D eigenvalue weighted by Gasteiger charge is -2.15. The Labute approximate surface area is 119 Å². The van der Waals surface area contributed by atoms with Crippen LogP contribution in [0.5, 0.6) is 0 Å². The molecule has 3 aromatic carbocycles. The van der Waals surface area contributed by atoms with E-state index in [4.69, 9.17) is 0 Å². The first-order valence-electron chi connectivity index (χ1n) is 6.69. The monoisotopic (exact) mass is 277 g/mol. The first kappa shape index (κ1) is 11.8. The van der Waals surface area contributed by atoms with Crippen molar-refractivity contribution in [3.63, 3.8) is 0 Å². The molecular weight excluding hydrogens is 263 g/mol. The first-order chi connectivity index (χ1) is 9.82. The van der Waals surface area contributed by atoms with E-state index in [9.17, 15) is 4.89 Å². The Balaban J connectivity index is 2.10. The summed E-state index contributed by atoms with van der Waals surface area (Å²) >= 11 is 0. The summed E-state index contributed by atoms with van der Waals surface area (Å²) in [6.07, 6.45) is 0. The summed E-state index contributed by atoms with van der Waals surface area (Å²) in [6.45, 7) is 0. The van der Waals surface area contributed by atoms with Gasteiger partial charge < -0.3 is 0 Å². The Morgan fingerprint density at radius 3 is 1.55 bits per heavy atom. The normalized spacial score (nSPS) is 14.7. The van der Waals surface area contributed by atoms with Crippen molar-refractivity contribution in [2.45, 2.75) is 0 Å². The van der Waals surface area contributed by atoms with E-state index in [1.165, 1.54) is 11.1 Å². The molecule has 1 heterocycles. The van der Waals surface area contributed by atoms with Gasteiger partial charge in [-0.25, -0.2) is 4.89 Å². The van der Waals surface area contributed by atoms with E-state index in [1.807, 2.05) is 54.6 Å². The van der Waals surface area contributed by atoms with Gasteiger partial charge in [-0.2, -0.15) is 0 Å². The molecule has 2 heteroatoms. The lowest BCUT2D eigenvalue weighted by Crippen LogP contribution is -2.26. The third-order valence-corrected chi connectivity index (χ3v) is 7.15.